The second-order valence-corrected chi connectivity index (χ2v) is 7.12. The van der Waals surface area contributed by atoms with Gasteiger partial charge < -0.3 is 5.32 Å². The maximum atomic E-state index is 3.51. The summed E-state index contributed by atoms with van der Waals surface area (Å²) in [4.78, 5) is 3.10. The Kier molecular flexibility index (Phi) is 3.95. The molecule has 20 heavy (non-hydrogen) atoms. The van der Waals surface area contributed by atoms with Crippen LogP contribution in [0.4, 0.5) is 0 Å². The molecule has 1 N–H and O–H groups in total. The van der Waals surface area contributed by atoms with Crippen LogP contribution in [0.5, 0.6) is 0 Å². The van der Waals surface area contributed by atoms with Gasteiger partial charge in [-0.15, -0.1) is 11.3 Å². The van der Waals surface area contributed by atoms with Crippen molar-refractivity contribution < 1.29 is 0 Å². The quantitative estimate of drug-likeness (QED) is 0.872. The van der Waals surface area contributed by atoms with Gasteiger partial charge in [-0.3, -0.25) is 0 Å². The van der Waals surface area contributed by atoms with E-state index in [1.165, 1.54) is 47.3 Å². The molecule has 1 nitrogen and oxygen atoms in total. The number of thiophene rings is 1. The maximum Gasteiger partial charge on any atom is 0.0669 e. The summed E-state index contributed by atoms with van der Waals surface area (Å²) in [7, 11) is 2.07. The molecule has 0 bridgehead atoms. The summed E-state index contributed by atoms with van der Waals surface area (Å²) in [5.74, 6) is 0. The minimum atomic E-state index is 0.337. The molecule has 1 atom stereocenters. The molecule has 1 aliphatic carbocycles. The molecule has 0 aliphatic heterocycles. The molecule has 0 saturated carbocycles. The minimum Gasteiger partial charge on any atom is -0.309 e. The van der Waals surface area contributed by atoms with Crippen LogP contribution in [0.3, 0.4) is 0 Å². The Hall–Kier alpha value is -1.12. The zero-order valence-electron chi connectivity index (χ0n) is 12.6. The number of aryl methyl sites for hydroxylation is 4. The number of hydrogen-bond acceptors (Lipinski definition) is 2. The molecule has 1 aliphatic rings. The SMILES string of the molecule is CNC(c1cc(C)cc(C)c1)c1cc2c(s1)CCCC2. The third-order valence-corrected chi connectivity index (χ3v) is 5.47. The van der Waals surface area contributed by atoms with E-state index in [1.54, 1.807) is 10.4 Å². The first kappa shape index (κ1) is 13.8. The highest BCUT2D eigenvalue weighted by atomic mass is 32.1. The first-order valence-electron chi connectivity index (χ1n) is 7.54. The first-order chi connectivity index (χ1) is 9.67. The number of fused-ring (bicyclic) bond motifs is 1. The molecule has 0 spiro atoms. The van der Waals surface area contributed by atoms with E-state index in [0.29, 0.717) is 6.04 Å². The molecular formula is C18H23NS. The Bertz CT molecular complexity index is 568. The zero-order chi connectivity index (χ0) is 14.1. The molecular weight excluding hydrogens is 262 g/mol. The molecule has 0 fully saturated rings. The van der Waals surface area contributed by atoms with Crippen LogP contribution in [-0.2, 0) is 12.8 Å². The predicted octanol–water partition coefficient (Wildman–Crippen LogP) is 4.55. The average Bonchev–Trinajstić information content (AvgIpc) is 2.81. The second-order valence-electron chi connectivity index (χ2n) is 5.95. The van der Waals surface area contributed by atoms with Crippen molar-refractivity contribution >= 4 is 11.3 Å². The van der Waals surface area contributed by atoms with Crippen LogP contribution < -0.4 is 5.32 Å². The van der Waals surface area contributed by atoms with Crippen molar-refractivity contribution in [2.45, 2.75) is 45.6 Å². The molecule has 2 aromatic rings. The Morgan fingerprint density at radius 2 is 1.70 bits per heavy atom. The molecule has 1 aromatic heterocycles. The average molecular weight is 285 g/mol. The number of nitrogens with one attached hydrogen (secondary N) is 1. The van der Waals surface area contributed by atoms with Gasteiger partial charge in [0.2, 0.25) is 0 Å². The molecule has 0 radical (unpaired) electrons. The fourth-order valence-corrected chi connectivity index (χ4v) is 4.70. The second kappa shape index (κ2) is 5.71. The van der Waals surface area contributed by atoms with Gasteiger partial charge in [-0.1, -0.05) is 29.3 Å². The predicted molar refractivity (Wildman–Crippen MR) is 87.8 cm³/mol. The van der Waals surface area contributed by atoms with Gasteiger partial charge in [-0.2, -0.15) is 0 Å². The van der Waals surface area contributed by atoms with Gasteiger partial charge >= 0.3 is 0 Å². The molecule has 0 saturated heterocycles. The summed E-state index contributed by atoms with van der Waals surface area (Å²) in [5.41, 5.74) is 5.69. The van der Waals surface area contributed by atoms with E-state index in [2.05, 4.69) is 50.5 Å². The van der Waals surface area contributed by atoms with Crippen LogP contribution in [0, 0.1) is 13.8 Å². The Morgan fingerprint density at radius 1 is 1.00 bits per heavy atom. The smallest absolute Gasteiger partial charge is 0.0669 e. The summed E-state index contributed by atoms with van der Waals surface area (Å²) >= 11 is 2.01. The highest BCUT2D eigenvalue weighted by Crippen LogP contribution is 2.35. The Labute approximate surface area is 126 Å². The molecule has 2 heteroatoms. The number of hydrogen-bond donors (Lipinski definition) is 1. The van der Waals surface area contributed by atoms with Crippen molar-refractivity contribution in [2.75, 3.05) is 7.05 Å². The van der Waals surface area contributed by atoms with Crippen molar-refractivity contribution in [2.24, 2.45) is 0 Å². The summed E-state index contributed by atoms with van der Waals surface area (Å²) in [6.07, 6.45) is 5.27. The summed E-state index contributed by atoms with van der Waals surface area (Å²) < 4.78 is 0. The standard InChI is InChI=1S/C18H23NS/c1-12-8-13(2)10-15(9-12)18(19-3)17-11-14-6-4-5-7-16(14)20-17/h8-11,18-19H,4-7H2,1-3H3. The topological polar surface area (TPSA) is 12.0 Å². The van der Waals surface area contributed by atoms with E-state index in [-0.39, 0.29) is 0 Å². The largest absolute Gasteiger partial charge is 0.309 e. The van der Waals surface area contributed by atoms with Crippen LogP contribution in [0.1, 0.15) is 50.9 Å². The summed E-state index contributed by atoms with van der Waals surface area (Å²) in [6, 6.07) is 9.65. The zero-order valence-corrected chi connectivity index (χ0v) is 13.4. The van der Waals surface area contributed by atoms with E-state index in [1.807, 2.05) is 11.3 Å². The van der Waals surface area contributed by atoms with Gasteiger partial charge in [0.25, 0.3) is 0 Å². The van der Waals surface area contributed by atoms with Gasteiger partial charge in [-0.05, 0) is 63.8 Å². The summed E-state index contributed by atoms with van der Waals surface area (Å²) in [5, 5.41) is 3.51. The van der Waals surface area contributed by atoms with E-state index in [9.17, 15) is 0 Å². The minimum absolute atomic E-state index is 0.337. The Balaban J connectivity index is 1.98. The normalized spacial score (nSPS) is 15.9. The molecule has 1 heterocycles. The lowest BCUT2D eigenvalue weighted by Gasteiger charge is -2.16. The van der Waals surface area contributed by atoms with Gasteiger partial charge in [0.15, 0.2) is 0 Å². The maximum absolute atomic E-state index is 3.51. The molecule has 1 unspecified atom stereocenters. The van der Waals surface area contributed by atoms with E-state index in [4.69, 9.17) is 0 Å². The number of rotatable bonds is 3. The lowest BCUT2D eigenvalue weighted by Crippen LogP contribution is -2.16. The van der Waals surface area contributed by atoms with Crippen LogP contribution in [0.15, 0.2) is 24.3 Å². The molecule has 1 aromatic carbocycles. The van der Waals surface area contributed by atoms with Gasteiger partial charge in [-0.25, -0.2) is 0 Å². The van der Waals surface area contributed by atoms with Gasteiger partial charge in [0.1, 0.15) is 0 Å². The van der Waals surface area contributed by atoms with Crippen LogP contribution in [0.2, 0.25) is 0 Å². The van der Waals surface area contributed by atoms with Crippen molar-refractivity contribution in [3.63, 3.8) is 0 Å². The lowest BCUT2D eigenvalue weighted by molar-refractivity contribution is 0.691. The van der Waals surface area contributed by atoms with Crippen LogP contribution >= 0.6 is 11.3 Å². The van der Waals surface area contributed by atoms with Crippen LogP contribution in [-0.4, -0.2) is 7.05 Å². The van der Waals surface area contributed by atoms with E-state index in [0.717, 1.165) is 0 Å². The third-order valence-electron chi connectivity index (χ3n) is 4.17. The first-order valence-corrected chi connectivity index (χ1v) is 8.36. The van der Waals surface area contributed by atoms with Crippen molar-refractivity contribution in [3.05, 3.63) is 56.3 Å². The third kappa shape index (κ3) is 2.68. The highest BCUT2D eigenvalue weighted by Gasteiger charge is 2.19. The fraction of sp³-hybridized carbons (Fsp3) is 0.444. The van der Waals surface area contributed by atoms with Crippen molar-refractivity contribution in [3.8, 4) is 0 Å². The molecule has 106 valence electrons. The van der Waals surface area contributed by atoms with Gasteiger partial charge in [0, 0.05) is 9.75 Å². The highest BCUT2D eigenvalue weighted by molar-refractivity contribution is 7.12. The van der Waals surface area contributed by atoms with E-state index < -0.39 is 0 Å². The van der Waals surface area contributed by atoms with Gasteiger partial charge in [0.05, 0.1) is 6.04 Å². The van der Waals surface area contributed by atoms with Crippen molar-refractivity contribution in [1.29, 1.82) is 0 Å². The number of benzene rings is 1. The van der Waals surface area contributed by atoms with Crippen molar-refractivity contribution in [1.82, 2.24) is 5.32 Å². The fourth-order valence-electron chi connectivity index (χ4n) is 3.31. The molecule has 0 amide bonds. The Morgan fingerprint density at radius 3 is 2.35 bits per heavy atom. The summed E-state index contributed by atoms with van der Waals surface area (Å²) in [6.45, 7) is 4.37. The van der Waals surface area contributed by atoms with E-state index >= 15 is 0 Å². The monoisotopic (exact) mass is 285 g/mol. The molecule has 3 rings (SSSR count). The van der Waals surface area contributed by atoms with Crippen LogP contribution in [0.25, 0.3) is 0 Å². The lowest BCUT2D eigenvalue weighted by atomic mass is 9.97.